The number of fused-ring (bicyclic) bond motifs is 1. The number of aryl methyl sites for hydroxylation is 1. The lowest BCUT2D eigenvalue weighted by Gasteiger charge is -2.08. The molecule has 1 aliphatic heterocycles. The van der Waals surface area contributed by atoms with E-state index in [1.54, 1.807) is 17.5 Å². The van der Waals surface area contributed by atoms with E-state index in [-0.39, 0.29) is 11.8 Å². The van der Waals surface area contributed by atoms with E-state index in [9.17, 15) is 9.59 Å². The molecule has 18 heavy (non-hydrogen) atoms. The van der Waals surface area contributed by atoms with E-state index in [4.69, 9.17) is 11.6 Å². The molecular formula is C12H7ClN2O2S. The van der Waals surface area contributed by atoms with E-state index >= 15 is 0 Å². The van der Waals surface area contributed by atoms with E-state index in [0.717, 1.165) is 10.6 Å². The van der Waals surface area contributed by atoms with Gasteiger partial charge in [-0.1, -0.05) is 11.6 Å². The Morgan fingerprint density at radius 3 is 2.61 bits per heavy atom. The van der Waals surface area contributed by atoms with Crippen LogP contribution >= 0.6 is 22.9 Å². The fourth-order valence-electron chi connectivity index (χ4n) is 1.83. The number of thiazole rings is 1. The topological polar surface area (TPSA) is 50.3 Å². The van der Waals surface area contributed by atoms with Crippen molar-refractivity contribution in [3.05, 3.63) is 45.4 Å². The summed E-state index contributed by atoms with van der Waals surface area (Å²) in [5.74, 6) is -0.715. The Kier molecular flexibility index (Phi) is 2.46. The van der Waals surface area contributed by atoms with E-state index in [1.165, 1.54) is 17.4 Å². The first-order chi connectivity index (χ1) is 8.58. The highest BCUT2D eigenvalue weighted by molar-refractivity contribution is 7.14. The van der Waals surface area contributed by atoms with Crippen LogP contribution in [0.15, 0.2) is 23.6 Å². The van der Waals surface area contributed by atoms with Crippen LogP contribution in [0.4, 0.5) is 5.13 Å². The predicted octanol–water partition coefficient (Wildman–Crippen LogP) is 2.91. The summed E-state index contributed by atoms with van der Waals surface area (Å²) in [4.78, 5) is 29.6. The van der Waals surface area contributed by atoms with E-state index in [2.05, 4.69) is 4.98 Å². The standard InChI is InChI=1S/C12H7ClN2O2S/c1-6-5-18-12(14-6)15-10(16)8-3-2-7(13)4-9(8)11(15)17/h2-5H,1H3. The minimum Gasteiger partial charge on any atom is -0.268 e. The third-order valence-electron chi connectivity index (χ3n) is 2.65. The zero-order valence-corrected chi connectivity index (χ0v) is 10.9. The summed E-state index contributed by atoms with van der Waals surface area (Å²) in [7, 11) is 0. The van der Waals surface area contributed by atoms with Gasteiger partial charge in [-0.15, -0.1) is 11.3 Å². The van der Waals surface area contributed by atoms with Crippen LogP contribution in [0.1, 0.15) is 26.4 Å². The maximum atomic E-state index is 12.2. The number of benzene rings is 1. The number of hydrogen-bond acceptors (Lipinski definition) is 4. The lowest BCUT2D eigenvalue weighted by Crippen LogP contribution is -2.29. The molecule has 1 aliphatic rings. The molecule has 0 bridgehead atoms. The van der Waals surface area contributed by atoms with Gasteiger partial charge in [0.25, 0.3) is 11.8 Å². The van der Waals surface area contributed by atoms with E-state index in [1.807, 2.05) is 6.92 Å². The number of nitrogens with zero attached hydrogens (tertiary/aromatic N) is 2. The van der Waals surface area contributed by atoms with Crippen LogP contribution in [-0.2, 0) is 0 Å². The van der Waals surface area contributed by atoms with Crippen molar-refractivity contribution in [2.75, 3.05) is 4.90 Å². The second-order valence-electron chi connectivity index (χ2n) is 3.91. The number of halogens is 1. The summed E-state index contributed by atoms with van der Waals surface area (Å²) in [5.41, 5.74) is 1.49. The van der Waals surface area contributed by atoms with Gasteiger partial charge in [0.05, 0.1) is 16.8 Å². The minimum absolute atomic E-state index is 0.334. The first-order valence-electron chi connectivity index (χ1n) is 5.18. The number of aromatic nitrogens is 1. The summed E-state index contributed by atoms with van der Waals surface area (Å²) < 4.78 is 0. The van der Waals surface area contributed by atoms with Crippen molar-refractivity contribution in [3.8, 4) is 0 Å². The zero-order chi connectivity index (χ0) is 12.9. The molecule has 0 saturated heterocycles. The molecule has 0 saturated carbocycles. The van der Waals surface area contributed by atoms with Gasteiger partial charge >= 0.3 is 0 Å². The van der Waals surface area contributed by atoms with E-state index < -0.39 is 0 Å². The normalized spacial score (nSPS) is 14.2. The second-order valence-corrected chi connectivity index (χ2v) is 5.18. The summed E-state index contributed by atoms with van der Waals surface area (Å²) in [6.07, 6.45) is 0. The average molecular weight is 279 g/mol. The molecule has 1 aromatic carbocycles. The third kappa shape index (κ3) is 1.55. The van der Waals surface area contributed by atoms with Crippen LogP contribution in [0.25, 0.3) is 0 Å². The molecule has 0 N–H and O–H groups in total. The first-order valence-corrected chi connectivity index (χ1v) is 6.44. The van der Waals surface area contributed by atoms with Crippen molar-refractivity contribution in [3.63, 3.8) is 0 Å². The first kappa shape index (κ1) is 11.4. The van der Waals surface area contributed by atoms with Gasteiger partial charge in [0, 0.05) is 10.4 Å². The SMILES string of the molecule is Cc1csc(N2C(=O)c3ccc(Cl)cc3C2=O)n1. The van der Waals surface area contributed by atoms with Crippen molar-refractivity contribution >= 4 is 39.9 Å². The Morgan fingerprint density at radius 1 is 1.22 bits per heavy atom. The predicted molar refractivity (Wildman–Crippen MR) is 69.4 cm³/mol. The van der Waals surface area contributed by atoms with Crippen LogP contribution in [-0.4, -0.2) is 16.8 Å². The average Bonchev–Trinajstić information content (AvgIpc) is 2.84. The largest absolute Gasteiger partial charge is 0.268 e. The number of rotatable bonds is 1. The highest BCUT2D eigenvalue weighted by atomic mass is 35.5. The number of carbonyl (C=O) groups is 2. The number of carbonyl (C=O) groups excluding carboxylic acids is 2. The molecule has 0 spiro atoms. The molecule has 90 valence electrons. The molecule has 0 unspecified atom stereocenters. The fraction of sp³-hybridized carbons (Fsp3) is 0.0833. The van der Waals surface area contributed by atoms with Gasteiger partial charge in [-0.2, -0.15) is 0 Å². The van der Waals surface area contributed by atoms with E-state index in [0.29, 0.717) is 21.3 Å². The molecule has 0 radical (unpaired) electrons. The third-order valence-corrected chi connectivity index (χ3v) is 3.83. The molecule has 2 amide bonds. The minimum atomic E-state index is -0.369. The highest BCUT2D eigenvalue weighted by Gasteiger charge is 2.38. The van der Waals surface area contributed by atoms with Crippen LogP contribution in [0.2, 0.25) is 5.02 Å². The monoisotopic (exact) mass is 278 g/mol. The molecule has 0 atom stereocenters. The van der Waals surface area contributed by atoms with Gasteiger partial charge in [0.15, 0.2) is 5.13 Å². The Bertz CT molecular complexity index is 680. The Labute approximate surface area is 112 Å². The maximum Gasteiger partial charge on any atom is 0.268 e. The molecule has 6 heteroatoms. The second kappa shape index (κ2) is 3.90. The van der Waals surface area contributed by atoms with Crippen LogP contribution in [0.5, 0.6) is 0 Å². The summed E-state index contributed by atoms with van der Waals surface area (Å²) in [5, 5.41) is 2.63. The maximum absolute atomic E-state index is 12.2. The number of imide groups is 1. The van der Waals surface area contributed by atoms with Gasteiger partial charge in [-0.25, -0.2) is 9.88 Å². The van der Waals surface area contributed by atoms with Crippen molar-refractivity contribution in [1.82, 2.24) is 4.98 Å². The molecule has 0 aliphatic carbocycles. The highest BCUT2D eigenvalue weighted by Crippen LogP contribution is 2.31. The van der Waals surface area contributed by atoms with Crippen molar-refractivity contribution in [2.45, 2.75) is 6.92 Å². The molecular weight excluding hydrogens is 272 g/mol. The van der Waals surface area contributed by atoms with Crippen molar-refractivity contribution in [1.29, 1.82) is 0 Å². The van der Waals surface area contributed by atoms with Crippen LogP contribution in [0, 0.1) is 6.92 Å². The van der Waals surface area contributed by atoms with Gasteiger partial charge in [-0.05, 0) is 25.1 Å². The van der Waals surface area contributed by atoms with Gasteiger partial charge in [0.1, 0.15) is 0 Å². The Morgan fingerprint density at radius 2 is 1.94 bits per heavy atom. The molecule has 2 heterocycles. The smallest absolute Gasteiger partial charge is 0.268 e. The number of anilines is 1. The van der Waals surface area contributed by atoms with Crippen molar-refractivity contribution < 1.29 is 9.59 Å². The summed E-state index contributed by atoms with van der Waals surface area (Å²) in [6, 6.07) is 4.68. The zero-order valence-electron chi connectivity index (χ0n) is 9.31. The Balaban J connectivity index is 2.12. The van der Waals surface area contributed by atoms with Gasteiger partial charge < -0.3 is 0 Å². The van der Waals surface area contributed by atoms with Gasteiger partial charge in [0.2, 0.25) is 0 Å². The molecule has 3 rings (SSSR count). The fourth-order valence-corrected chi connectivity index (χ4v) is 2.80. The van der Waals surface area contributed by atoms with Crippen LogP contribution in [0.3, 0.4) is 0 Å². The molecule has 2 aromatic rings. The molecule has 0 fully saturated rings. The van der Waals surface area contributed by atoms with Gasteiger partial charge in [-0.3, -0.25) is 9.59 Å². The van der Waals surface area contributed by atoms with Crippen LogP contribution < -0.4 is 4.90 Å². The lowest BCUT2D eigenvalue weighted by atomic mass is 10.1. The number of hydrogen-bond donors (Lipinski definition) is 0. The molecule has 1 aromatic heterocycles. The summed E-state index contributed by atoms with van der Waals surface area (Å²) in [6.45, 7) is 1.81. The molecule has 4 nitrogen and oxygen atoms in total. The lowest BCUT2D eigenvalue weighted by molar-refractivity contribution is 0.0926. The van der Waals surface area contributed by atoms with Crippen molar-refractivity contribution in [2.24, 2.45) is 0 Å². The summed E-state index contributed by atoms with van der Waals surface area (Å²) >= 11 is 7.11. The quantitative estimate of drug-likeness (QED) is 0.754. The Hall–Kier alpha value is -1.72. The number of amides is 2.